The summed E-state index contributed by atoms with van der Waals surface area (Å²) >= 11 is 0. The predicted molar refractivity (Wildman–Crippen MR) is 89.2 cm³/mol. The Morgan fingerprint density at radius 2 is 2.12 bits per heavy atom. The normalized spacial score (nSPS) is 11.7. The van der Waals surface area contributed by atoms with Crippen LogP contribution in [-0.4, -0.2) is 25.5 Å². The molecule has 0 radical (unpaired) electrons. The second kappa shape index (κ2) is 6.62. The van der Waals surface area contributed by atoms with Gasteiger partial charge < -0.3 is 11.1 Å². The first-order chi connectivity index (χ1) is 12.3. The average molecular weight is 364 g/mol. The number of hydrogen-bond donors (Lipinski definition) is 2. The Bertz CT molecular complexity index is 966. The minimum Gasteiger partial charge on any atom is -0.383 e. The molecule has 3 aromatic heterocycles. The molecule has 0 fully saturated rings. The van der Waals surface area contributed by atoms with Crippen LogP contribution >= 0.6 is 0 Å². The van der Waals surface area contributed by atoms with Crippen LogP contribution < -0.4 is 11.1 Å². The van der Waals surface area contributed by atoms with Crippen LogP contribution in [0.15, 0.2) is 30.6 Å². The van der Waals surface area contributed by atoms with Gasteiger partial charge in [-0.25, -0.2) is 14.5 Å². The van der Waals surface area contributed by atoms with Gasteiger partial charge in [0.1, 0.15) is 5.82 Å². The summed E-state index contributed by atoms with van der Waals surface area (Å²) in [5, 5.41) is 6.87. The SMILES string of the molecule is CCCC(=O)Nc1cn2nc(-c3cnc(N)c(C(F)(F)F)c3)ccc2n1. The van der Waals surface area contributed by atoms with Crippen LogP contribution in [0.4, 0.5) is 24.8 Å². The molecule has 0 saturated heterocycles. The van der Waals surface area contributed by atoms with E-state index < -0.39 is 17.6 Å². The number of fused-ring (bicyclic) bond motifs is 1. The second-order valence-electron chi connectivity index (χ2n) is 5.60. The maximum Gasteiger partial charge on any atom is 0.419 e. The molecule has 10 heteroatoms. The van der Waals surface area contributed by atoms with Crippen LogP contribution in [0.3, 0.4) is 0 Å². The Morgan fingerprint density at radius 3 is 2.81 bits per heavy atom. The zero-order valence-corrected chi connectivity index (χ0v) is 13.7. The van der Waals surface area contributed by atoms with Gasteiger partial charge in [0.15, 0.2) is 11.5 Å². The molecule has 26 heavy (non-hydrogen) atoms. The summed E-state index contributed by atoms with van der Waals surface area (Å²) in [6.45, 7) is 1.88. The van der Waals surface area contributed by atoms with E-state index in [4.69, 9.17) is 5.73 Å². The molecule has 136 valence electrons. The molecule has 1 amide bonds. The van der Waals surface area contributed by atoms with Crippen molar-refractivity contribution in [2.45, 2.75) is 25.9 Å². The van der Waals surface area contributed by atoms with Crippen LogP contribution in [0.1, 0.15) is 25.3 Å². The minimum absolute atomic E-state index is 0.165. The van der Waals surface area contributed by atoms with E-state index in [1.165, 1.54) is 23.0 Å². The molecule has 0 aliphatic rings. The van der Waals surface area contributed by atoms with Crippen LogP contribution in [0.25, 0.3) is 16.9 Å². The first-order valence-corrected chi connectivity index (χ1v) is 7.77. The number of carbonyl (C=O) groups is 1. The molecule has 3 aromatic rings. The Kier molecular flexibility index (Phi) is 4.49. The maximum atomic E-state index is 13.0. The molecule has 0 unspecified atom stereocenters. The summed E-state index contributed by atoms with van der Waals surface area (Å²) in [6.07, 6.45) is -0.832. The topological polar surface area (TPSA) is 98.2 Å². The number of rotatable bonds is 4. The van der Waals surface area contributed by atoms with Crippen molar-refractivity contribution in [1.29, 1.82) is 0 Å². The van der Waals surface area contributed by atoms with Crippen molar-refractivity contribution in [2.24, 2.45) is 0 Å². The van der Waals surface area contributed by atoms with Gasteiger partial charge >= 0.3 is 6.18 Å². The monoisotopic (exact) mass is 364 g/mol. The van der Waals surface area contributed by atoms with E-state index in [0.717, 1.165) is 6.07 Å². The Hall–Kier alpha value is -3.17. The fourth-order valence-electron chi connectivity index (χ4n) is 2.37. The van der Waals surface area contributed by atoms with Gasteiger partial charge in [-0.3, -0.25) is 4.79 Å². The van der Waals surface area contributed by atoms with E-state index >= 15 is 0 Å². The van der Waals surface area contributed by atoms with E-state index in [9.17, 15) is 18.0 Å². The average Bonchev–Trinajstić information content (AvgIpc) is 2.95. The number of pyridine rings is 1. The Labute approximate surface area is 146 Å². The van der Waals surface area contributed by atoms with E-state index in [1.807, 2.05) is 6.92 Å². The lowest BCUT2D eigenvalue weighted by Crippen LogP contribution is -2.10. The van der Waals surface area contributed by atoms with Crippen LogP contribution in [0.5, 0.6) is 0 Å². The molecule has 3 heterocycles. The van der Waals surface area contributed by atoms with Crippen molar-refractivity contribution in [3.05, 3.63) is 36.2 Å². The molecule has 0 aliphatic heterocycles. The van der Waals surface area contributed by atoms with Crippen molar-refractivity contribution in [3.8, 4) is 11.3 Å². The largest absolute Gasteiger partial charge is 0.419 e. The number of aromatic nitrogens is 4. The third-order valence-corrected chi connectivity index (χ3v) is 3.58. The van der Waals surface area contributed by atoms with Gasteiger partial charge in [0.2, 0.25) is 5.91 Å². The highest BCUT2D eigenvalue weighted by Gasteiger charge is 2.34. The van der Waals surface area contributed by atoms with E-state index in [0.29, 0.717) is 24.3 Å². The lowest BCUT2D eigenvalue weighted by Gasteiger charge is -2.10. The molecule has 0 saturated carbocycles. The van der Waals surface area contributed by atoms with Gasteiger partial charge in [0, 0.05) is 18.2 Å². The predicted octanol–water partition coefficient (Wildman–Crippen LogP) is 3.13. The number of nitrogens with zero attached hydrogens (tertiary/aromatic N) is 4. The summed E-state index contributed by atoms with van der Waals surface area (Å²) in [5.41, 5.74) is 5.17. The first-order valence-electron chi connectivity index (χ1n) is 7.77. The van der Waals surface area contributed by atoms with Crippen molar-refractivity contribution >= 4 is 23.2 Å². The summed E-state index contributed by atoms with van der Waals surface area (Å²) in [6, 6.07) is 4.01. The highest BCUT2D eigenvalue weighted by Crippen LogP contribution is 2.34. The molecule has 0 aliphatic carbocycles. The lowest BCUT2D eigenvalue weighted by atomic mass is 10.1. The van der Waals surface area contributed by atoms with Gasteiger partial charge in [-0.05, 0) is 24.6 Å². The van der Waals surface area contributed by atoms with Crippen molar-refractivity contribution in [2.75, 3.05) is 11.1 Å². The van der Waals surface area contributed by atoms with Gasteiger partial charge in [-0.15, -0.1) is 0 Å². The molecular formula is C16H15F3N6O. The second-order valence-corrected chi connectivity index (χ2v) is 5.60. The number of nitrogens with one attached hydrogen (secondary N) is 1. The fraction of sp³-hybridized carbons (Fsp3) is 0.250. The number of anilines is 2. The van der Waals surface area contributed by atoms with Gasteiger partial charge in [0.25, 0.3) is 0 Å². The molecule has 7 nitrogen and oxygen atoms in total. The van der Waals surface area contributed by atoms with E-state index in [1.54, 1.807) is 6.07 Å². The number of nitrogens with two attached hydrogens (primary N) is 1. The maximum absolute atomic E-state index is 13.0. The van der Waals surface area contributed by atoms with Crippen LogP contribution in [0, 0.1) is 0 Å². The fourth-order valence-corrected chi connectivity index (χ4v) is 2.37. The third-order valence-electron chi connectivity index (χ3n) is 3.58. The third kappa shape index (κ3) is 3.58. The zero-order chi connectivity index (χ0) is 18.9. The minimum atomic E-state index is -4.61. The van der Waals surface area contributed by atoms with Gasteiger partial charge in [-0.2, -0.15) is 18.3 Å². The molecule has 0 atom stereocenters. The quantitative estimate of drug-likeness (QED) is 0.741. The summed E-state index contributed by atoms with van der Waals surface area (Å²) < 4.78 is 40.3. The number of imidazole rings is 1. The molecule has 0 spiro atoms. The van der Waals surface area contributed by atoms with E-state index in [-0.39, 0.29) is 17.2 Å². The number of carbonyl (C=O) groups excluding carboxylic acids is 1. The lowest BCUT2D eigenvalue weighted by molar-refractivity contribution is -0.137. The zero-order valence-electron chi connectivity index (χ0n) is 13.7. The van der Waals surface area contributed by atoms with Gasteiger partial charge in [-0.1, -0.05) is 6.92 Å². The van der Waals surface area contributed by atoms with Crippen molar-refractivity contribution in [3.63, 3.8) is 0 Å². The number of nitrogen functional groups attached to an aromatic ring is 1. The standard InChI is InChI=1S/C16H15F3N6O/c1-2-3-14(26)23-12-8-25-13(22-12)5-4-11(24-25)9-6-10(16(17,18)19)15(20)21-7-9/h4-8H,2-3H2,1H3,(H2,20,21)(H,23,26). The smallest absolute Gasteiger partial charge is 0.383 e. The highest BCUT2D eigenvalue weighted by atomic mass is 19.4. The first kappa shape index (κ1) is 17.6. The molecular weight excluding hydrogens is 349 g/mol. The number of alkyl halides is 3. The number of amides is 1. The number of halogens is 3. The molecule has 3 N–H and O–H groups in total. The summed E-state index contributed by atoms with van der Waals surface area (Å²) in [5.74, 6) is -0.445. The summed E-state index contributed by atoms with van der Waals surface area (Å²) in [7, 11) is 0. The van der Waals surface area contributed by atoms with E-state index in [2.05, 4.69) is 20.4 Å². The molecule has 0 bridgehead atoms. The van der Waals surface area contributed by atoms with Crippen molar-refractivity contribution in [1.82, 2.24) is 19.6 Å². The van der Waals surface area contributed by atoms with Crippen LogP contribution in [-0.2, 0) is 11.0 Å². The van der Waals surface area contributed by atoms with Crippen molar-refractivity contribution < 1.29 is 18.0 Å². The molecule has 3 rings (SSSR count). The van der Waals surface area contributed by atoms with Crippen LogP contribution in [0.2, 0.25) is 0 Å². The Balaban J connectivity index is 1.95. The molecule has 0 aromatic carbocycles. The number of hydrogen-bond acceptors (Lipinski definition) is 5. The summed E-state index contributed by atoms with van der Waals surface area (Å²) in [4.78, 5) is 19.4. The Morgan fingerprint density at radius 1 is 1.35 bits per heavy atom. The highest BCUT2D eigenvalue weighted by molar-refractivity contribution is 5.89. The van der Waals surface area contributed by atoms with Gasteiger partial charge in [0.05, 0.1) is 17.5 Å².